The maximum atomic E-state index is 11.8. The van der Waals surface area contributed by atoms with Crippen molar-refractivity contribution in [1.29, 1.82) is 0 Å². The lowest BCUT2D eigenvalue weighted by Gasteiger charge is -2.09. The third-order valence-electron chi connectivity index (χ3n) is 4.81. The molecule has 0 bridgehead atoms. The van der Waals surface area contributed by atoms with Gasteiger partial charge in [0.25, 0.3) is 0 Å². The van der Waals surface area contributed by atoms with E-state index in [1.54, 1.807) is 0 Å². The van der Waals surface area contributed by atoms with Crippen LogP contribution >= 0.6 is 0 Å². The Morgan fingerprint density at radius 1 is 0.325 bits per heavy atom. The highest BCUT2D eigenvalue weighted by Crippen LogP contribution is 2.07. The van der Waals surface area contributed by atoms with E-state index < -0.39 is 6.67 Å². The Hall–Kier alpha value is -1.45. The summed E-state index contributed by atoms with van der Waals surface area (Å²) in [4.78, 5) is 0. The van der Waals surface area contributed by atoms with E-state index in [0.29, 0.717) is 132 Å². The molecular formula is C28H49FO11. The molecule has 0 aliphatic heterocycles. The molecule has 0 aromatic heterocycles. The van der Waals surface area contributed by atoms with Crippen LogP contribution in [0.15, 0.2) is 30.3 Å². The summed E-state index contributed by atoms with van der Waals surface area (Å²) in [7, 11) is 0. The summed E-state index contributed by atoms with van der Waals surface area (Å²) in [5.74, 6) is 0.842. The molecule has 0 N–H and O–H groups in total. The maximum Gasteiger partial charge on any atom is 0.119 e. The largest absolute Gasteiger partial charge is 0.491 e. The van der Waals surface area contributed by atoms with Crippen molar-refractivity contribution < 1.29 is 56.5 Å². The van der Waals surface area contributed by atoms with Gasteiger partial charge in [-0.05, 0) is 12.1 Å². The lowest BCUT2D eigenvalue weighted by atomic mass is 10.3. The fraction of sp³-hybridized carbons (Fsp3) is 0.786. The number of rotatable bonds is 33. The average molecular weight is 581 g/mol. The minimum Gasteiger partial charge on any atom is -0.491 e. The lowest BCUT2D eigenvalue weighted by molar-refractivity contribution is -0.0268. The van der Waals surface area contributed by atoms with Gasteiger partial charge in [0, 0.05) is 0 Å². The molecule has 1 aromatic rings. The van der Waals surface area contributed by atoms with Gasteiger partial charge in [-0.25, -0.2) is 4.39 Å². The second-order valence-corrected chi connectivity index (χ2v) is 7.97. The van der Waals surface area contributed by atoms with Crippen molar-refractivity contribution >= 4 is 0 Å². The van der Waals surface area contributed by atoms with Crippen LogP contribution in [0.25, 0.3) is 0 Å². The smallest absolute Gasteiger partial charge is 0.119 e. The Labute approximate surface area is 238 Å². The summed E-state index contributed by atoms with van der Waals surface area (Å²) in [5.41, 5.74) is 0. The van der Waals surface area contributed by atoms with Gasteiger partial charge in [0.05, 0.1) is 132 Å². The van der Waals surface area contributed by atoms with E-state index in [2.05, 4.69) is 0 Å². The van der Waals surface area contributed by atoms with Crippen molar-refractivity contribution in [3.8, 4) is 5.75 Å². The van der Waals surface area contributed by atoms with E-state index in [1.807, 2.05) is 30.3 Å². The molecular weight excluding hydrogens is 531 g/mol. The van der Waals surface area contributed by atoms with Gasteiger partial charge in [-0.2, -0.15) is 0 Å². The molecule has 1 rings (SSSR count). The van der Waals surface area contributed by atoms with Gasteiger partial charge in [-0.15, -0.1) is 0 Å². The van der Waals surface area contributed by atoms with Crippen LogP contribution in [0.3, 0.4) is 0 Å². The highest BCUT2D eigenvalue weighted by molar-refractivity contribution is 5.20. The molecule has 0 radical (unpaired) electrons. The summed E-state index contributed by atoms with van der Waals surface area (Å²) in [6.07, 6.45) is 0. The van der Waals surface area contributed by atoms with Crippen LogP contribution in [-0.2, 0) is 47.4 Å². The molecule has 0 atom stereocenters. The Balaban J connectivity index is 1.62. The predicted molar refractivity (Wildman–Crippen MR) is 146 cm³/mol. The first-order valence-corrected chi connectivity index (χ1v) is 13.9. The zero-order chi connectivity index (χ0) is 28.4. The van der Waals surface area contributed by atoms with E-state index in [4.69, 9.17) is 52.1 Å². The van der Waals surface area contributed by atoms with E-state index in [1.165, 1.54) is 0 Å². The molecule has 0 aliphatic carbocycles. The first kappa shape index (κ1) is 36.6. The van der Waals surface area contributed by atoms with Gasteiger partial charge in [0.1, 0.15) is 19.0 Å². The number of ether oxygens (including phenoxy) is 11. The highest BCUT2D eigenvalue weighted by Gasteiger charge is 1.96. The zero-order valence-corrected chi connectivity index (χ0v) is 23.8. The monoisotopic (exact) mass is 580 g/mol. The minimum absolute atomic E-state index is 0.115. The number of halogens is 1. The topological polar surface area (TPSA) is 102 Å². The van der Waals surface area contributed by atoms with Crippen LogP contribution in [0.4, 0.5) is 4.39 Å². The van der Waals surface area contributed by atoms with E-state index in [0.717, 1.165) is 5.75 Å². The molecule has 1 aromatic carbocycles. The van der Waals surface area contributed by atoms with E-state index >= 15 is 0 Å². The first-order chi connectivity index (χ1) is 19.9. The molecule has 0 spiro atoms. The molecule has 0 unspecified atom stereocenters. The summed E-state index contributed by atoms with van der Waals surface area (Å²) in [6.45, 7) is 9.56. The molecule has 11 nitrogen and oxygen atoms in total. The molecule has 40 heavy (non-hydrogen) atoms. The molecule has 0 heterocycles. The van der Waals surface area contributed by atoms with Crippen LogP contribution < -0.4 is 4.74 Å². The van der Waals surface area contributed by atoms with Gasteiger partial charge >= 0.3 is 0 Å². The van der Waals surface area contributed by atoms with Crippen molar-refractivity contribution in [2.75, 3.05) is 145 Å². The van der Waals surface area contributed by atoms with Crippen LogP contribution in [0.5, 0.6) is 5.75 Å². The Bertz CT molecular complexity index is 601. The van der Waals surface area contributed by atoms with Crippen molar-refractivity contribution in [2.45, 2.75) is 0 Å². The predicted octanol–water partition coefficient (Wildman–Crippen LogP) is 2.20. The van der Waals surface area contributed by atoms with Gasteiger partial charge in [0.15, 0.2) is 0 Å². The number of benzene rings is 1. The second-order valence-electron chi connectivity index (χ2n) is 7.97. The van der Waals surface area contributed by atoms with E-state index in [9.17, 15) is 4.39 Å². The summed E-state index contributed by atoms with van der Waals surface area (Å²) in [5, 5.41) is 0. The number of hydrogen-bond acceptors (Lipinski definition) is 11. The van der Waals surface area contributed by atoms with Crippen LogP contribution in [-0.4, -0.2) is 145 Å². The summed E-state index contributed by atoms with van der Waals surface area (Å²) >= 11 is 0. The third kappa shape index (κ3) is 28.1. The van der Waals surface area contributed by atoms with Gasteiger partial charge in [-0.3, -0.25) is 0 Å². The normalized spacial score (nSPS) is 11.3. The van der Waals surface area contributed by atoms with Crippen molar-refractivity contribution in [3.63, 3.8) is 0 Å². The zero-order valence-electron chi connectivity index (χ0n) is 23.8. The van der Waals surface area contributed by atoms with Crippen LogP contribution in [0, 0.1) is 0 Å². The average Bonchev–Trinajstić information content (AvgIpc) is 2.98. The maximum absolute atomic E-state index is 11.8. The van der Waals surface area contributed by atoms with Gasteiger partial charge < -0.3 is 52.1 Å². The summed E-state index contributed by atoms with van der Waals surface area (Å²) in [6, 6.07) is 9.66. The molecule has 0 amide bonds. The van der Waals surface area contributed by atoms with E-state index in [-0.39, 0.29) is 6.61 Å². The Morgan fingerprint density at radius 3 is 0.850 bits per heavy atom. The SMILES string of the molecule is FCCOCCOCCOCCOCCOCCOCCOCCOCCOCCOCCOc1ccccc1. The van der Waals surface area contributed by atoms with Crippen molar-refractivity contribution in [3.05, 3.63) is 30.3 Å². The van der Waals surface area contributed by atoms with Crippen LogP contribution in [0.1, 0.15) is 0 Å². The van der Waals surface area contributed by atoms with Gasteiger partial charge in [-0.1, -0.05) is 18.2 Å². The number of alkyl halides is 1. The van der Waals surface area contributed by atoms with Crippen LogP contribution in [0.2, 0.25) is 0 Å². The highest BCUT2D eigenvalue weighted by atomic mass is 19.1. The third-order valence-corrected chi connectivity index (χ3v) is 4.81. The molecule has 0 saturated heterocycles. The first-order valence-electron chi connectivity index (χ1n) is 13.9. The lowest BCUT2D eigenvalue weighted by Crippen LogP contribution is -2.15. The van der Waals surface area contributed by atoms with Crippen molar-refractivity contribution in [2.24, 2.45) is 0 Å². The molecule has 0 saturated carbocycles. The molecule has 234 valence electrons. The standard InChI is InChI=1S/C28H49FO11/c29-6-7-30-8-9-31-10-11-32-12-13-33-14-15-34-16-17-35-18-19-36-20-21-37-22-23-38-24-25-39-26-27-40-28-4-2-1-3-5-28/h1-5H,6-27H2. The second kappa shape index (κ2) is 32.1. The minimum atomic E-state index is -0.473. The number of para-hydroxylation sites is 1. The quantitative estimate of drug-likeness (QED) is 0.114. The fourth-order valence-electron chi connectivity index (χ4n) is 2.87. The molecule has 0 fully saturated rings. The number of hydrogen-bond donors (Lipinski definition) is 0. The van der Waals surface area contributed by atoms with Crippen molar-refractivity contribution in [1.82, 2.24) is 0 Å². The Morgan fingerprint density at radius 2 is 0.575 bits per heavy atom. The summed E-state index contributed by atoms with van der Waals surface area (Å²) < 4.78 is 71.1. The Kier molecular flexibility index (Phi) is 29.3. The molecule has 12 heteroatoms. The molecule has 0 aliphatic rings. The van der Waals surface area contributed by atoms with Gasteiger partial charge in [0.2, 0.25) is 0 Å². The fourth-order valence-corrected chi connectivity index (χ4v) is 2.87.